The Morgan fingerprint density at radius 2 is 1.44 bits per heavy atom. The summed E-state index contributed by atoms with van der Waals surface area (Å²) >= 11 is 0. The van der Waals surface area contributed by atoms with Gasteiger partial charge in [0.2, 0.25) is 0 Å². The summed E-state index contributed by atoms with van der Waals surface area (Å²) in [4.78, 5) is 11.0. The van der Waals surface area contributed by atoms with Crippen LogP contribution in [0.15, 0.2) is 85.4 Å². The van der Waals surface area contributed by atoms with E-state index in [4.69, 9.17) is 9.84 Å². The molecule has 0 saturated heterocycles. The average Bonchev–Trinajstić information content (AvgIpc) is 2.67. The second kappa shape index (κ2) is 7.49. The number of benzene rings is 3. The van der Waals surface area contributed by atoms with E-state index >= 15 is 0 Å². The Morgan fingerprint density at radius 3 is 2.12 bits per heavy atom. The molecule has 0 radical (unpaired) electrons. The van der Waals surface area contributed by atoms with Crippen molar-refractivity contribution in [2.24, 2.45) is 0 Å². The molecular weight excluding hydrogens is 312 g/mol. The topological polar surface area (TPSA) is 46.5 Å². The van der Waals surface area contributed by atoms with Crippen molar-refractivity contribution in [3.63, 3.8) is 0 Å². The summed E-state index contributed by atoms with van der Waals surface area (Å²) in [7, 11) is 0. The minimum absolute atomic E-state index is 0.261. The molecule has 0 bridgehead atoms. The summed E-state index contributed by atoms with van der Waals surface area (Å²) in [5.41, 5.74) is 4.00. The number of para-hydroxylation sites is 1. The highest BCUT2D eigenvalue weighted by molar-refractivity contribution is 5.88. The molecule has 0 aliphatic heterocycles. The Hall–Kier alpha value is -3.33. The standard InChI is InChI=1S/C22H18O3/c1-16(17-11-13-18(14-12-17)22(23)24)21-10-6-5-7-19(21)15-25-20-8-3-2-4-9-20/h2-14H,1,15H2,(H,23,24). The van der Waals surface area contributed by atoms with Gasteiger partial charge < -0.3 is 9.84 Å². The average molecular weight is 330 g/mol. The van der Waals surface area contributed by atoms with E-state index in [0.717, 1.165) is 28.0 Å². The summed E-state index contributed by atoms with van der Waals surface area (Å²) in [6, 6.07) is 24.3. The van der Waals surface area contributed by atoms with Crippen molar-refractivity contribution in [3.8, 4) is 5.75 Å². The first-order valence-electron chi connectivity index (χ1n) is 7.94. The Labute approximate surface area is 146 Å². The molecule has 0 aliphatic rings. The molecule has 1 N–H and O–H groups in total. The third-order valence-corrected chi connectivity index (χ3v) is 3.96. The van der Waals surface area contributed by atoms with Gasteiger partial charge in [-0.2, -0.15) is 0 Å². The molecule has 3 aromatic carbocycles. The highest BCUT2D eigenvalue weighted by Crippen LogP contribution is 2.26. The molecule has 0 atom stereocenters. The quantitative estimate of drug-likeness (QED) is 0.690. The van der Waals surface area contributed by atoms with E-state index in [1.807, 2.05) is 54.6 Å². The van der Waals surface area contributed by atoms with Crippen molar-refractivity contribution in [2.45, 2.75) is 6.61 Å². The van der Waals surface area contributed by atoms with Gasteiger partial charge in [0.05, 0.1) is 5.56 Å². The molecule has 0 fully saturated rings. The van der Waals surface area contributed by atoms with Gasteiger partial charge in [-0.1, -0.05) is 61.2 Å². The fraction of sp³-hybridized carbons (Fsp3) is 0.0455. The highest BCUT2D eigenvalue weighted by Gasteiger charge is 2.10. The second-order valence-corrected chi connectivity index (χ2v) is 5.62. The van der Waals surface area contributed by atoms with Crippen LogP contribution in [0.3, 0.4) is 0 Å². The fourth-order valence-corrected chi connectivity index (χ4v) is 2.59. The molecule has 3 aromatic rings. The van der Waals surface area contributed by atoms with E-state index < -0.39 is 5.97 Å². The van der Waals surface area contributed by atoms with E-state index in [1.54, 1.807) is 24.3 Å². The SMILES string of the molecule is C=C(c1ccc(C(=O)O)cc1)c1ccccc1COc1ccccc1. The number of carbonyl (C=O) groups is 1. The lowest BCUT2D eigenvalue weighted by Crippen LogP contribution is -2.01. The van der Waals surface area contributed by atoms with Crippen molar-refractivity contribution < 1.29 is 14.6 Å². The van der Waals surface area contributed by atoms with E-state index in [0.29, 0.717) is 6.61 Å². The first kappa shape index (κ1) is 16.5. The third kappa shape index (κ3) is 3.96. The minimum Gasteiger partial charge on any atom is -0.489 e. The van der Waals surface area contributed by atoms with Crippen molar-refractivity contribution in [3.05, 3.63) is 108 Å². The van der Waals surface area contributed by atoms with Crippen LogP contribution in [0.25, 0.3) is 5.57 Å². The van der Waals surface area contributed by atoms with Crippen LogP contribution < -0.4 is 4.74 Å². The number of aromatic carboxylic acids is 1. The zero-order valence-electron chi connectivity index (χ0n) is 13.7. The largest absolute Gasteiger partial charge is 0.489 e. The van der Waals surface area contributed by atoms with Crippen LogP contribution in [0, 0.1) is 0 Å². The first-order valence-corrected chi connectivity index (χ1v) is 7.94. The van der Waals surface area contributed by atoms with Crippen LogP contribution >= 0.6 is 0 Å². The van der Waals surface area contributed by atoms with Crippen molar-refractivity contribution >= 4 is 11.5 Å². The Balaban J connectivity index is 1.82. The molecule has 0 aromatic heterocycles. The fourth-order valence-electron chi connectivity index (χ4n) is 2.59. The van der Waals surface area contributed by atoms with Gasteiger partial charge in [-0.25, -0.2) is 4.79 Å². The van der Waals surface area contributed by atoms with E-state index in [2.05, 4.69) is 6.58 Å². The molecule has 0 spiro atoms. The number of hydrogen-bond acceptors (Lipinski definition) is 2. The molecule has 25 heavy (non-hydrogen) atoms. The molecule has 3 nitrogen and oxygen atoms in total. The van der Waals surface area contributed by atoms with E-state index in [-0.39, 0.29) is 5.56 Å². The van der Waals surface area contributed by atoms with Gasteiger partial charge in [0, 0.05) is 0 Å². The van der Waals surface area contributed by atoms with Crippen molar-refractivity contribution in [2.75, 3.05) is 0 Å². The van der Waals surface area contributed by atoms with Crippen LogP contribution in [-0.4, -0.2) is 11.1 Å². The monoisotopic (exact) mass is 330 g/mol. The number of hydrogen-bond donors (Lipinski definition) is 1. The Bertz CT molecular complexity index is 881. The van der Waals surface area contributed by atoms with Crippen LogP contribution in [0.5, 0.6) is 5.75 Å². The van der Waals surface area contributed by atoms with Crippen molar-refractivity contribution in [1.82, 2.24) is 0 Å². The maximum Gasteiger partial charge on any atom is 0.335 e. The smallest absolute Gasteiger partial charge is 0.335 e. The van der Waals surface area contributed by atoms with Gasteiger partial charge in [0.1, 0.15) is 12.4 Å². The van der Waals surface area contributed by atoms with E-state index in [9.17, 15) is 4.79 Å². The minimum atomic E-state index is -0.936. The highest BCUT2D eigenvalue weighted by atomic mass is 16.5. The van der Waals surface area contributed by atoms with Crippen molar-refractivity contribution in [1.29, 1.82) is 0 Å². The first-order chi connectivity index (χ1) is 12.1. The number of rotatable bonds is 6. The normalized spacial score (nSPS) is 10.2. The van der Waals surface area contributed by atoms with Gasteiger partial charge in [-0.05, 0) is 46.5 Å². The zero-order valence-corrected chi connectivity index (χ0v) is 13.7. The lowest BCUT2D eigenvalue weighted by atomic mass is 9.95. The lowest BCUT2D eigenvalue weighted by Gasteiger charge is -2.13. The molecular formula is C22H18O3. The van der Waals surface area contributed by atoms with Crippen LogP contribution in [0.1, 0.15) is 27.0 Å². The summed E-state index contributed by atoms with van der Waals surface area (Å²) in [6.45, 7) is 4.62. The summed E-state index contributed by atoms with van der Waals surface area (Å²) < 4.78 is 5.85. The van der Waals surface area contributed by atoms with Gasteiger partial charge in [-0.15, -0.1) is 0 Å². The summed E-state index contributed by atoms with van der Waals surface area (Å²) in [5.74, 6) is -0.123. The van der Waals surface area contributed by atoms with Gasteiger partial charge in [0.25, 0.3) is 0 Å². The lowest BCUT2D eigenvalue weighted by molar-refractivity contribution is 0.0697. The van der Waals surface area contributed by atoms with Crippen LogP contribution in [0.4, 0.5) is 0 Å². The molecule has 3 rings (SSSR count). The maximum absolute atomic E-state index is 11.0. The molecule has 3 heteroatoms. The zero-order chi connectivity index (χ0) is 17.6. The van der Waals surface area contributed by atoms with Gasteiger partial charge >= 0.3 is 5.97 Å². The predicted molar refractivity (Wildman–Crippen MR) is 98.8 cm³/mol. The van der Waals surface area contributed by atoms with Gasteiger partial charge in [-0.3, -0.25) is 0 Å². The van der Waals surface area contributed by atoms with Crippen LogP contribution in [0.2, 0.25) is 0 Å². The van der Waals surface area contributed by atoms with Crippen LogP contribution in [-0.2, 0) is 6.61 Å². The molecule has 124 valence electrons. The summed E-state index contributed by atoms with van der Waals surface area (Å²) in [5, 5.41) is 9.01. The van der Waals surface area contributed by atoms with E-state index in [1.165, 1.54) is 0 Å². The molecule has 0 amide bonds. The number of ether oxygens (including phenoxy) is 1. The number of carboxylic acid groups (broad SMARTS) is 1. The third-order valence-electron chi connectivity index (χ3n) is 3.96. The molecule has 0 unspecified atom stereocenters. The summed E-state index contributed by atoms with van der Waals surface area (Å²) in [6.07, 6.45) is 0. The molecule has 0 saturated carbocycles. The number of carboxylic acids is 1. The Kier molecular flexibility index (Phi) is 4.95. The maximum atomic E-state index is 11.0. The molecule has 0 heterocycles. The Morgan fingerprint density at radius 1 is 0.840 bits per heavy atom. The predicted octanol–water partition coefficient (Wildman–Crippen LogP) is 5.03. The molecule has 0 aliphatic carbocycles. The second-order valence-electron chi connectivity index (χ2n) is 5.62. The van der Waals surface area contributed by atoms with Gasteiger partial charge in [0.15, 0.2) is 0 Å².